The maximum atomic E-state index is 15.1. The molecule has 0 radical (unpaired) electrons. The number of likely N-dealkylation sites (tertiary alicyclic amines) is 1. The van der Waals surface area contributed by atoms with Crippen molar-refractivity contribution in [2.24, 2.45) is 7.05 Å². The van der Waals surface area contributed by atoms with E-state index in [2.05, 4.69) is 10.3 Å². The Kier molecular flexibility index (Phi) is 6.64. The second kappa shape index (κ2) is 10.2. The van der Waals surface area contributed by atoms with Crippen LogP contribution in [0.5, 0.6) is 0 Å². The smallest absolute Gasteiger partial charge is 0.243 e. The Labute approximate surface area is 232 Å². The number of nitrogens with one attached hydrogen (secondary N) is 1. The number of carbonyl (C=O) groups is 2. The minimum Gasteiger partial charge on any atom is -0.350 e. The van der Waals surface area contributed by atoms with E-state index in [4.69, 9.17) is 0 Å². The summed E-state index contributed by atoms with van der Waals surface area (Å²) in [6.45, 7) is 1.87. The van der Waals surface area contributed by atoms with Crippen LogP contribution in [0.4, 0.5) is 8.78 Å². The van der Waals surface area contributed by atoms with Gasteiger partial charge in [-0.2, -0.15) is 4.39 Å². The number of halogens is 2. The molecule has 3 atom stereocenters. The zero-order valence-corrected chi connectivity index (χ0v) is 22.6. The van der Waals surface area contributed by atoms with Crippen LogP contribution in [-0.2, 0) is 28.5 Å². The third kappa shape index (κ3) is 4.87. The Morgan fingerprint density at radius 3 is 2.52 bits per heavy atom. The van der Waals surface area contributed by atoms with Gasteiger partial charge in [0.2, 0.25) is 17.8 Å². The largest absolute Gasteiger partial charge is 0.350 e. The van der Waals surface area contributed by atoms with Crippen LogP contribution in [0.1, 0.15) is 54.6 Å². The normalized spacial score (nSPS) is 20.4. The van der Waals surface area contributed by atoms with Crippen LogP contribution in [0.2, 0.25) is 0 Å². The van der Waals surface area contributed by atoms with Gasteiger partial charge in [0.25, 0.3) is 0 Å². The highest BCUT2D eigenvalue weighted by molar-refractivity contribution is 5.93. The number of nitrogens with zero attached hydrogens (tertiary/aromatic N) is 3. The number of aryl methyl sites for hydroxylation is 1. The Hall–Kier alpha value is -4.07. The average Bonchev–Trinajstić information content (AvgIpc) is 3.45. The van der Waals surface area contributed by atoms with Gasteiger partial charge >= 0.3 is 0 Å². The minimum atomic E-state index is -1.31. The molecule has 206 valence electrons. The Morgan fingerprint density at radius 1 is 1.07 bits per heavy atom. The third-order valence-electron chi connectivity index (χ3n) is 8.43. The molecule has 1 aliphatic carbocycles. The quantitative estimate of drug-likeness (QED) is 0.329. The lowest BCUT2D eigenvalue weighted by Gasteiger charge is -2.27. The third-order valence-corrected chi connectivity index (χ3v) is 8.43. The van der Waals surface area contributed by atoms with Crippen molar-refractivity contribution in [3.05, 3.63) is 101 Å². The van der Waals surface area contributed by atoms with Crippen LogP contribution in [0.15, 0.2) is 72.9 Å². The Balaban J connectivity index is 1.25. The van der Waals surface area contributed by atoms with Gasteiger partial charge in [-0.05, 0) is 41.5 Å². The van der Waals surface area contributed by atoms with E-state index in [1.54, 1.807) is 12.1 Å². The summed E-state index contributed by atoms with van der Waals surface area (Å²) in [6.07, 6.45) is 2.40. The van der Waals surface area contributed by atoms with Gasteiger partial charge in [0.15, 0.2) is 0 Å². The number of alkyl halides is 1. The van der Waals surface area contributed by atoms with Crippen LogP contribution >= 0.6 is 0 Å². The number of aromatic nitrogens is 2. The predicted molar refractivity (Wildman–Crippen MR) is 149 cm³/mol. The summed E-state index contributed by atoms with van der Waals surface area (Å²) in [5.74, 6) is -1.33. The van der Waals surface area contributed by atoms with Crippen LogP contribution in [0, 0.1) is 5.95 Å². The topological polar surface area (TPSA) is 67.2 Å². The van der Waals surface area contributed by atoms with E-state index in [0.29, 0.717) is 11.3 Å². The van der Waals surface area contributed by atoms with E-state index >= 15 is 4.39 Å². The number of carbonyl (C=O) groups excluding carboxylic acids is 2. The van der Waals surface area contributed by atoms with E-state index in [0.717, 1.165) is 34.9 Å². The Morgan fingerprint density at radius 2 is 1.80 bits per heavy atom. The van der Waals surface area contributed by atoms with Crippen molar-refractivity contribution in [1.82, 2.24) is 19.8 Å². The minimum absolute atomic E-state index is 0.0625. The van der Waals surface area contributed by atoms with Gasteiger partial charge in [-0.25, -0.2) is 9.37 Å². The lowest BCUT2D eigenvalue weighted by Crippen LogP contribution is -2.47. The first-order valence-corrected chi connectivity index (χ1v) is 13.7. The first-order chi connectivity index (χ1) is 19.2. The fourth-order valence-electron chi connectivity index (χ4n) is 5.87. The second-order valence-electron chi connectivity index (χ2n) is 11.3. The van der Waals surface area contributed by atoms with Gasteiger partial charge in [0.05, 0.1) is 24.7 Å². The molecule has 0 spiro atoms. The second-order valence-corrected chi connectivity index (χ2v) is 11.3. The van der Waals surface area contributed by atoms with Crippen LogP contribution < -0.4 is 5.32 Å². The first kappa shape index (κ1) is 26.2. The molecule has 3 heterocycles. The van der Waals surface area contributed by atoms with Gasteiger partial charge in [-0.1, -0.05) is 61.5 Å². The van der Waals surface area contributed by atoms with Crippen molar-refractivity contribution in [2.75, 3.05) is 6.54 Å². The molecule has 2 fully saturated rings. The van der Waals surface area contributed by atoms with Crippen molar-refractivity contribution in [3.63, 3.8) is 0 Å². The lowest BCUT2D eigenvalue weighted by atomic mass is 9.97. The number of amides is 2. The van der Waals surface area contributed by atoms with E-state index < -0.39 is 30.1 Å². The van der Waals surface area contributed by atoms with Crippen LogP contribution in [0.3, 0.4) is 0 Å². The summed E-state index contributed by atoms with van der Waals surface area (Å²) >= 11 is 0. The highest BCUT2D eigenvalue weighted by atomic mass is 19.1. The van der Waals surface area contributed by atoms with Crippen molar-refractivity contribution >= 4 is 22.7 Å². The molecule has 0 unspecified atom stereocenters. The van der Waals surface area contributed by atoms with E-state index in [1.807, 2.05) is 79.3 Å². The number of para-hydroxylation sites is 1. The van der Waals surface area contributed by atoms with E-state index in [-0.39, 0.29) is 30.7 Å². The molecule has 1 saturated heterocycles. The maximum absolute atomic E-state index is 15.1. The van der Waals surface area contributed by atoms with Gasteiger partial charge in [0.1, 0.15) is 12.2 Å². The summed E-state index contributed by atoms with van der Waals surface area (Å²) in [5, 5.41) is 3.92. The molecule has 6 nitrogen and oxygen atoms in total. The van der Waals surface area contributed by atoms with Crippen molar-refractivity contribution in [3.8, 4) is 0 Å². The highest BCUT2D eigenvalue weighted by Gasteiger charge is 2.43. The first-order valence-electron chi connectivity index (χ1n) is 13.7. The lowest BCUT2D eigenvalue weighted by molar-refractivity contribution is -0.138. The summed E-state index contributed by atoms with van der Waals surface area (Å²) in [7, 11) is 1.91. The SMILES string of the molecule is Cn1cc(CC(=O)N2C[C@H](F)C[C@H]2C(=O)N[C@@H](c2ccccc2)c2ccc(C3(C)CC3)c(F)n2)c2ccccc21. The zero-order valence-electron chi connectivity index (χ0n) is 22.6. The summed E-state index contributed by atoms with van der Waals surface area (Å²) in [6, 6.07) is 18.7. The number of fused-ring (bicyclic) bond motifs is 1. The zero-order chi connectivity index (χ0) is 28.0. The van der Waals surface area contributed by atoms with Crippen LogP contribution in [-0.4, -0.2) is 45.0 Å². The standard InChI is InChI=1S/C32H32F2N4O2/c1-32(14-15-32)24-12-13-25(35-30(24)34)29(20-8-4-3-5-9-20)36-31(40)27-17-22(33)19-38(27)28(39)16-21-18-37(2)26-11-7-6-10-23(21)26/h3-13,18,22,27,29H,14-17,19H2,1-2H3,(H,36,40)/t22-,27+,29+/m1/s1. The van der Waals surface area contributed by atoms with Crippen LogP contribution in [0.25, 0.3) is 10.9 Å². The molecule has 6 rings (SSSR count). The van der Waals surface area contributed by atoms with Gasteiger partial charge in [-0.15, -0.1) is 0 Å². The molecule has 40 heavy (non-hydrogen) atoms. The average molecular weight is 543 g/mol. The van der Waals surface area contributed by atoms with E-state index in [1.165, 1.54) is 4.90 Å². The molecule has 1 aliphatic heterocycles. The summed E-state index contributed by atoms with van der Waals surface area (Å²) in [5.41, 5.74) is 3.29. The van der Waals surface area contributed by atoms with Crippen molar-refractivity contribution in [2.45, 2.75) is 56.3 Å². The molecule has 2 aromatic heterocycles. The van der Waals surface area contributed by atoms with E-state index in [9.17, 15) is 14.0 Å². The van der Waals surface area contributed by atoms with Gasteiger partial charge < -0.3 is 14.8 Å². The molecule has 8 heteroatoms. The molecule has 2 amide bonds. The highest BCUT2D eigenvalue weighted by Crippen LogP contribution is 2.48. The fourth-order valence-corrected chi connectivity index (χ4v) is 5.87. The molecular weight excluding hydrogens is 510 g/mol. The number of hydrogen-bond donors (Lipinski definition) is 1. The summed E-state index contributed by atoms with van der Waals surface area (Å²) < 4.78 is 31.8. The fraction of sp³-hybridized carbons (Fsp3) is 0.344. The van der Waals surface area contributed by atoms with Gasteiger partial charge in [0, 0.05) is 36.1 Å². The number of benzene rings is 2. The monoisotopic (exact) mass is 542 g/mol. The Bertz CT molecular complexity index is 1580. The molecule has 2 aromatic carbocycles. The van der Waals surface area contributed by atoms with Crippen molar-refractivity contribution < 1.29 is 18.4 Å². The maximum Gasteiger partial charge on any atom is 0.243 e. The van der Waals surface area contributed by atoms with Crippen molar-refractivity contribution in [1.29, 1.82) is 0 Å². The molecule has 2 aliphatic rings. The molecule has 1 N–H and O–H groups in total. The predicted octanol–water partition coefficient (Wildman–Crippen LogP) is 5.15. The van der Waals surface area contributed by atoms with Gasteiger partial charge in [-0.3, -0.25) is 9.59 Å². The number of hydrogen-bond acceptors (Lipinski definition) is 3. The number of pyridine rings is 1. The number of rotatable bonds is 7. The molecular formula is C32H32F2N4O2. The molecule has 0 bridgehead atoms. The summed E-state index contributed by atoms with van der Waals surface area (Å²) in [4.78, 5) is 32.7. The molecule has 4 aromatic rings. The molecule has 1 saturated carbocycles.